The number of amides is 1. The minimum absolute atomic E-state index is 0.0969. The van der Waals surface area contributed by atoms with Crippen molar-refractivity contribution in [3.8, 4) is 11.3 Å². The minimum Gasteiger partial charge on any atom is -0.475 e. The fourth-order valence-corrected chi connectivity index (χ4v) is 3.86. The first-order chi connectivity index (χ1) is 17.0. The maximum Gasteiger partial charge on any atom is 0.490 e. The van der Waals surface area contributed by atoms with E-state index >= 15 is 0 Å². The number of ether oxygens (including phenoxy) is 1. The number of hydrogen-bond donors (Lipinski definition) is 1. The van der Waals surface area contributed by atoms with Gasteiger partial charge in [-0.25, -0.2) is 4.79 Å². The molecule has 194 valence electrons. The van der Waals surface area contributed by atoms with E-state index in [4.69, 9.17) is 19.7 Å². The summed E-state index contributed by atoms with van der Waals surface area (Å²) in [6, 6.07) is 8.32. The normalized spacial score (nSPS) is 12.9. The largest absolute Gasteiger partial charge is 0.490 e. The molecule has 1 amide bonds. The molecule has 1 N–H and O–H groups in total. The number of methoxy groups -OCH3 is 1. The van der Waals surface area contributed by atoms with E-state index in [1.54, 1.807) is 13.3 Å². The Hall–Kier alpha value is -3.67. The molecule has 1 aliphatic rings. The molecule has 0 spiro atoms. The molecule has 4 heterocycles. The van der Waals surface area contributed by atoms with Gasteiger partial charge in [0.1, 0.15) is 0 Å². The van der Waals surface area contributed by atoms with Crippen LogP contribution in [0.15, 0.2) is 42.9 Å². The van der Waals surface area contributed by atoms with Crippen molar-refractivity contribution in [3.05, 3.63) is 59.8 Å². The molecule has 0 aromatic carbocycles. The van der Waals surface area contributed by atoms with Gasteiger partial charge >= 0.3 is 12.1 Å². The Balaban J connectivity index is 0.000000454. The van der Waals surface area contributed by atoms with E-state index in [0.717, 1.165) is 28.2 Å². The van der Waals surface area contributed by atoms with Crippen LogP contribution in [0.4, 0.5) is 13.2 Å². The highest BCUT2D eigenvalue weighted by Gasteiger charge is 2.38. The monoisotopic (exact) mass is 507 g/mol. The average Bonchev–Trinajstić information content (AvgIpc) is 3.37. The van der Waals surface area contributed by atoms with Crippen molar-refractivity contribution in [2.45, 2.75) is 52.1 Å². The Kier molecular flexibility index (Phi) is 8.51. The molecule has 0 saturated heterocycles. The van der Waals surface area contributed by atoms with Crippen LogP contribution < -0.4 is 0 Å². The SMILES string of the molecule is COCCC(=O)N1Cc2cn(Cc3ccccn3)nc2-c2ccn(C(C)C)c2C1.O=C(O)C(F)(F)F. The number of carboxylic acids is 1. The van der Waals surface area contributed by atoms with Crippen molar-refractivity contribution >= 4 is 11.9 Å². The molecule has 3 aromatic rings. The molecule has 0 aliphatic carbocycles. The van der Waals surface area contributed by atoms with Crippen LogP contribution in [0.5, 0.6) is 0 Å². The summed E-state index contributed by atoms with van der Waals surface area (Å²) < 4.78 is 41.0. The zero-order valence-corrected chi connectivity index (χ0v) is 20.2. The maximum atomic E-state index is 12.8. The summed E-state index contributed by atoms with van der Waals surface area (Å²) in [5.74, 6) is -2.66. The summed E-state index contributed by atoms with van der Waals surface area (Å²) in [6.45, 7) is 6.48. The van der Waals surface area contributed by atoms with Gasteiger partial charge in [0, 0.05) is 55.1 Å². The second kappa shape index (κ2) is 11.4. The number of alkyl halides is 3. The predicted octanol–water partition coefficient (Wildman–Crippen LogP) is 3.89. The molecule has 0 atom stereocenters. The average molecular weight is 508 g/mol. The van der Waals surface area contributed by atoms with E-state index in [9.17, 15) is 18.0 Å². The number of aliphatic carboxylic acids is 1. The van der Waals surface area contributed by atoms with Gasteiger partial charge < -0.3 is 19.3 Å². The minimum atomic E-state index is -5.08. The van der Waals surface area contributed by atoms with Gasteiger partial charge in [0.05, 0.1) is 37.5 Å². The Morgan fingerprint density at radius 1 is 1.19 bits per heavy atom. The van der Waals surface area contributed by atoms with Gasteiger partial charge in [0.25, 0.3) is 0 Å². The third kappa shape index (κ3) is 6.51. The van der Waals surface area contributed by atoms with Crippen LogP contribution >= 0.6 is 0 Å². The molecule has 0 unspecified atom stereocenters. The molecule has 0 radical (unpaired) electrons. The third-order valence-corrected chi connectivity index (χ3v) is 5.54. The van der Waals surface area contributed by atoms with Crippen molar-refractivity contribution in [1.29, 1.82) is 0 Å². The third-order valence-electron chi connectivity index (χ3n) is 5.54. The first kappa shape index (κ1) is 26.9. The van der Waals surface area contributed by atoms with Gasteiger partial charge in [-0.2, -0.15) is 18.3 Å². The first-order valence-corrected chi connectivity index (χ1v) is 11.2. The number of carboxylic acid groups (broad SMARTS) is 1. The van der Waals surface area contributed by atoms with Crippen molar-refractivity contribution < 1.29 is 32.6 Å². The van der Waals surface area contributed by atoms with Crippen LogP contribution in [0.2, 0.25) is 0 Å². The molecule has 36 heavy (non-hydrogen) atoms. The lowest BCUT2D eigenvalue weighted by molar-refractivity contribution is -0.192. The van der Waals surface area contributed by atoms with Crippen LogP contribution in [0.1, 0.15) is 43.3 Å². The molecule has 12 heteroatoms. The topological polar surface area (TPSA) is 102 Å². The van der Waals surface area contributed by atoms with Crippen LogP contribution in [0.25, 0.3) is 11.3 Å². The Morgan fingerprint density at radius 3 is 2.50 bits per heavy atom. The molecule has 0 bridgehead atoms. The van der Waals surface area contributed by atoms with E-state index in [2.05, 4.69) is 35.7 Å². The Labute approximate surface area is 206 Å². The molecule has 0 saturated carbocycles. The number of hydrogen-bond acceptors (Lipinski definition) is 5. The van der Waals surface area contributed by atoms with Gasteiger partial charge in [0.15, 0.2) is 0 Å². The molecule has 4 rings (SSSR count). The standard InChI is InChI=1S/C22H27N5O2.C2HF3O2/c1-16(2)27-10-7-19-20(27)15-25(21(28)8-11-29-3)12-17-13-26(24-22(17)19)14-18-6-4-5-9-23-18;3-2(4,5)1(6)7/h4-7,9-10,13,16H,8,11-12,14-15H2,1-3H3;(H,6,7). The lowest BCUT2D eigenvalue weighted by atomic mass is 10.1. The van der Waals surface area contributed by atoms with E-state index in [1.165, 1.54) is 0 Å². The number of fused-ring (bicyclic) bond motifs is 3. The summed E-state index contributed by atoms with van der Waals surface area (Å²) >= 11 is 0. The molecule has 0 fully saturated rings. The van der Waals surface area contributed by atoms with Gasteiger partial charge in [-0.3, -0.25) is 14.5 Å². The number of halogens is 3. The number of rotatable bonds is 6. The van der Waals surface area contributed by atoms with Gasteiger partial charge in [-0.1, -0.05) is 6.07 Å². The summed E-state index contributed by atoms with van der Waals surface area (Å²) in [4.78, 5) is 28.0. The summed E-state index contributed by atoms with van der Waals surface area (Å²) in [5, 5.41) is 12.0. The Bertz CT molecular complexity index is 1190. The summed E-state index contributed by atoms with van der Waals surface area (Å²) in [7, 11) is 1.62. The fraction of sp³-hybridized carbons (Fsp3) is 0.417. The summed E-state index contributed by atoms with van der Waals surface area (Å²) in [6.07, 6.45) is 1.23. The smallest absolute Gasteiger partial charge is 0.475 e. The highest BCUT2D eigenvalue weighted by molar-refractivity contribution is 5.78. The van der Waals surface area contributed by atoms with Crippen LogP contribution in [-0.4, -0.2) is 61.1 Å². The van der Waals surface area contributed by atoms with Gasteiger partial charge in [0.2, 0.25) is 5.91 Å². The summed E-state index contributed by atoms with van der Waals surface area (Å²) in [5.41, 5.74) is 5.21. The van der Waals surface area contributed by atoms with Crippen molar-refractivity contribution in [1.82, 2.24) is 24.2 Å². The number of carbonyl (C=O) groups excluding carboxylic acids is 1. The number of pyridine rings is 1. The molecular formula is C24H28F3N5O4. The van der Waals surface area contributed by atoms with Crippen LogP contribution in [0.3, 0.4) is 0 Å². The van der Waals surface area contributed by atoms with E-state index in [0.29, 0.717) is 38.7 Å². The van der Waals surface area contributed by atoms with Gasteiger partial charge in [-0.05, 0) is 32.0 Å². The molecule has 9 nitrogen and oxygen atoms in total. The van der Waals surface area contributed by atoms with E-state index in [1.807, 2.05) is 34.0 Å². The number of nitrogens with zero attached hydrogens (tertiary/aromatic N) is 5. The zero-order chi connectivity index (χ0) is 26.5. The van der Waals surface area contributed by atoms with Crippen LogP contribution in [0, 0.1) is 0 Å². The first-order valence-electron chi connectivity index (χ1n) is 11.2. The number of carbonyl (C=O) groups is 2. The second-order valence-corrected chi connectivity index (χ2v) is 8.49. The van der Waals surface area contributed by atoms with Crippen LogP contribution in [-0.2, 0) is 34.0 Å². The Morgan fingerprint density at radius 2 is 1.92 bits per heavy atom. The molecule has 1 aliphatic heterocycles. The maximum absolute atomic E-state index is 12.8. The molecular weight excluding hydrogens is 479 g/mol. The zero-order valence-electron chi connectivity index (χ0n) is 20.2. The predicted molar refractivity (Wildman–Crippen MR) is 124 cm³/mol. The van der Waals surface area contributed by atoms with E-state index in [-0.39, 0.29) is 5.91 Å². The van der Waals surface area contributed by atoms with E-state index < -0.39 is 12.1 Å². The van der Waals surface area contributed by atoms with Crippen molar-refractivity contribution in [3.63, 3.8) is 0 Å². The molecule has 3 aromatic heterocycles. The van der Waals surface area contributed by atoms with Gasteiger partial charge in [-0.15, -0.1) is 0 Å². The highest BCUT2D eigenvalue weighted by atomic mass is 19.4. The van der Waals surface area contributed by atoms with Crippen molar-refractivity contribution in [2.75, 3.05) is 13.7 Å². The highest BCUT2D eigenvalue weighted by Crippen LogP contribution is 2.34. The lowest BCUT2D eigenvalue weighted by Gasteiger charge is -2.23. The fourth-order valence-electron chi connectivity index (χ4n) is 3.86. The van der Waals surface area contributed by atoms with Crippen molar-refractivity contribution in [2.24, 2.45) is 0 Å². The second-order valence-electron chi connectivity index (χ2n) is 8.49. The number of aromatic nitrogens is 4. The quantitative estimate of drug-likeness (QED) is 0.543. The lowest BCUT2D eigenvalue weighted by Crippen LogP contribution is -2.31.